The summed E-state index contributed by atoms with van der Waals surface area (Å²) >= 11 is 5.95. The van der Waals surface area contributed by atoms with Gasteiger partial charge in [-0.05, 0) is 49.7 Å². The van der Waals surface area contributed by atoms with Crippen molar-refractivity contribution in [1.82, 2.24) is 14.7 Å². The monoisotopic (exact) mass is 421 g/mol. The number of aryl methyl sites for hydroxylation is 1. The summed E-state index contributed by atoms with van der Waals surface area (Å²) in [6.07, 6.45) is 3.53. The van der Waals surface area contributed by atoms with E-state index in [0.717, 1.165) is 5.65 Å². The molecule has 0 aliphatic rings. The number of imidazole rings is 1. The van der Waals surface area contributed by atoms with Crippen LogP contribution in [0, 0.1) is 6.92 Å². The molecule has 0 unspecified atom stereocenters. The average molecular weight is 422 g/mol. The molecule has 3 rings (SSSR count). The molecule has 148 valence electrons. The lowest BCUT2D eigenvalue weighted by atomic mass is 10.2. The summed E-state index contributed by atoms with van der Waals surface area (Å²) < 4.78 is 27.7. The van der Waals surface area contributed by atoms with E-state index >= 15 is 0 Å². The van der Waals surface area contributed by atoms with Crippen LogP contribution in [0.1, 0.15) is 18.2 Å². The van der Waals surface area contributed by atoms with E-state index < -0.39 is 16.1 Å². The zero-order valence-electron chi connectivity index (χ0n) is 15.4. The number of halogens is 1. The summed E-state index contributed by atoms with van der Waals surface area (Å²) in [4.78, 5) is 16.5. The van der Waals surface area contributed by atoms with E-state index in [0.29, 0.717) is 27.7 Å². The minimum Gasteiger partial charge on any atom is -0.332 e. The Morgan fingerprint density at radius 1 is 1.21 bits per heavy atom. The first-order valence-corrected chi connectivity index (χ1v) is 10.6. The number of urea groups is 1. The van der Waals surface area contributed by atoms with Gasteiger partial charge in [-0.3, -0.25) is 4.72 Å². The standard InChI is InChI=1S/C18H20ClN5O3S/c1-3-28(26,27)23-16-6-5-14(8-12(16)2)22-18(25)20-9-15-11-24-10-13(19)4-7-17(24)21-15/h4-8,10-11,23H,3,9H2,1-2H3,(H2,20,22,25). The van der Waals surface area contributed by atoms with Gasteiger partial charge in [-0.25, -0.2) is 18.2 Å². The van der Waals surface area contributed by atoms with Gasteiger partial charge < -0.3 is 15.0 Å². The first kappa shape index (κ1) is 20.0. The molecule has 1 aromatic carbocycles. The summed E-state index contributed by atoms with van der Waals surface area (Å²) in [6, 6.07) is 8.09. The number of pyridine rings is 1. The second kappa shape index (κ2) is 8.07. The molecule has 28 heavy (non-hydrogen) atoms. The normalized spacial score (nSPS) is 11.4. The molecule has 3 aromatic rings. The van der Waals surface area contributed by atoms with Gasteiger partial charge in [-0.15, -0.1) is 0 Å². The Hall–Kier alpha value is -2.78. The van der Waals surface area contributed by atoms with Crippen LogP contribution in [-0.4, -0.2) is 29.6 Å². The predicted molar refractivity (Wildman–Crippen MR) is 110 cm³/mol. The number of nitrogens with zero attached hydrogens (tertiary/aromatic N) is 2. The van der Waals surface area contributed by atoms with Crippen molar-refractivity contribution in [3.63, 3.8) is 0 Å². The highest BCUT2D eigenvalue weighted by Gasteiger charge is 2.10. The first-order valence-electron chi connectivity index (χ1n) is 8.55. The fraction of sp³-hybridized carbons (Fsp3) is 0.222. The fourth-order valence-corrected chi connectivity index (χ4v) is 3.42. The van der Waals surface area contributed by atoms with E-state index in [9.17, 15) is 13.2 Å². The molecule has 2 amide bonds. The Labute approximate surface area is 168 Å². The molecule has 0 aliphatic heterocycles. The van der Waals surface area contributed by atoms with Crippen molar-refractivity contribution in [2.75, 3.05) is 15.8 Å². The van der Waals surface area contributed by atoms with Crippen molar-refractivity contribution in [1.29, 1.82) is 0 Å². The van der Waals surface area contributed by atoms with Gasteiger partial charge >= 0.3 is 6.03 Å². The van der Waals surface area contributed by atoms with Crippen molar-refractivity contribution in [3.05, 3.63) is 59.0 Å². The van der Waals surface area contributed by atoms with Gasteiger partial charge in [0, 0.05) is 18.1 Å². The Kier molecular flexibility index (Phi) is 5.76. The van der Waals surface area contributed by atoms with Crippen LogP contribution in [0.15, 0.2) is 42.7 Å². The second-order valence-electron chi connectivity index (χ2n) is 6.19. The van der Waals surface area contributed by atoms with E-state index in [1.807, 2.05) is 0 Å². The lowest BCUT2D eigenvalue weighted by Gasteiger charge is -2.12. The molecule has 0 radical (unpaired) electrons. The van der Waals surface area contributed by atoms with E-state index in [1.54, 1.807) is 61.0 Å². The molecule has 0 aliphatic carbocycles. The molecule has 8 nitrogen and oxygen atoms in total. The first-order chi connectivity index (χ1) is 13.3. The number of aromatic nitrogens is 2. The number of hydrogen-bond donors (Lipinski definition) is 3. The van der Waals surface area contributed by atoms with E-state index in [1.165, 1.54) is 0 Å². The highest BCUT2D eigenvalue weighted by atomic mass is 35.5. The molecular formula is C18H20ClN5O3S. The van der Waals surface area contributed by atoms with Crippen LogP contribution in [0.25, 0.3) is 5.65 Å². The third-order valence-electron chi connectivity index (χ3n) is 4.02. The smallest absolute Gasteiger partial charge is 0.319 e. The van der Waals surface area contributed by atoms with Gasteiger partial charge in [0.15, 0.2) is 0 Å². The van der Waals surface area contributed by atoms with Crippen molar-refractivity contribution in [2.24, 2.45) is 0 Å². The van der Waals surface area contributed by atoms with E-state index in [-0.39, 0.29) is 12.3 Å². The number of fused-ring (bicyclic) bond motifs is 1. The summed E-state index contributed by atoms with van der Waals surface area (Å²) in [6.45, 7) is 3.58. The Morgan fingerprint density at radius 3 is 2.71 bits per heavy atom. The van der Waals surface area contributed by atoms with Gasteiger partial charge in [-0.1, -0.05) is 11.6 Å². The quantitative estimate of drug-likeness (QED) is 0.567. The van der Waals surface area contributed by atoms with Crippen LogP contribution < -0.4 is 15.4 Å². The number of hydrogen-bond acceptors (Lipinski definition) is 4. The molecule has 0 saturated carbocycles. The number of carbonyl (C=O) groups is 1. The van der Waals surface area contributed by atoms with Gasteiger partial charge in [0.05, 0.1) is 28.7 Å². The zero-order chi connectivity index (χ0) is 20.3. The van der Waals surface area contributed by atoms with Crippen molar-refractivity contribution in [3.8, 4) is 0 Å². The molecular weight excluding hydrogens is 402 g/mol. The maximum atomic E-state index is 12.1. The van der Waals surface area contributed by atoms with Crippen LogP contribution in [0.3, 0.4) is 0 Å². The maximum absolute atomic E-state index is 12.1. The molecule has 2 aromatic heterocycles. The molecule has 0 spiro atoms. The van der Waals surface area contributed by atoms with Crippen LogP contribution >= 0.6 is 11.6 Å². The minimum atomic E-state index is -3.35. The van der Waals surface area contributed by atoms with Crippen molar-refractivity contribution < 1.29 is 13.2 Å². The summed E-state index contributed by atoms with van der Waals surface area (Å²) in [5.74, 6) is -0.00981. The lowest BCUT2D eigenvalue weighted by molar-refractivity contribution is 0.251. The minimum absolute atomic E-state index is 0.00981. The topological polar surface area (TPSA) is 105 Å². The average Bonchev–Trinajstić information content (AvgIpc) is 3.04. The van der Waals surface area contributed by atoms with Crippen LogP contribution in [0.5, 0.6) is 0 Å². The molecule has 0 fully saturated rings. The Morgan fingerprint density at radius 2 is 2.00 bits per heavy atom. The molecule has 0 atom stereocenters. The number of benzene rings is 1. The van der Waals surface area contributed by atoms with E-state index in [4.69, 9.17) is 11.6 Å². The lowest BCUT2D eigenvalue weighted by Crippen LogP contribution is -2.28. The number of rotatable bonds is 6. The number of anilines is 2. The Bertz CT molecular complexity index is 1130. The highest BCUT2D eigenvalue weighted by molar-refractivity contribution is 7.92. The van der Waals surface area contributed by atoms with E-state index in [2.05, 4.69) is 20.3 Å². The summed E-state index contributed by atoms with van der Waals surface area (Å²) in [5.41, 5.74) is 3.17. The van der Waals surface area contributed by atoms with Gasteiger partial charge in [0.1, 0.15) is 5.65 Å². The number of carbonyl (C=O) groups excluding carboxylic acids is 1. The largest absolute Gasteiger partial charge is 0.332 e. The number of amides is 2. The third-order valence-corrected chi connectivity index (χ3v) is 5.54. The zero-order valence-corrected chi connectivity index (χ0v) is 16.9. The number of sulfonamides is 1. The van der Waals surface area contributed by atoms with Crippen LogP contribution in [0.2, 0.25) is 5.02 Å². The maximum Gasteiger partial charge on any atom is 0.319 e. The summed E-state index contributed by atoms with van der Waals surface area (Å²) in [5, 5.41) is 6.05. The summed E-state index contributed by atoms with van der Waals surface area (Å²) in [7, 11) is -3.35. The second-order valence-corrected chi connectivity index (χ2v) is 8.64. The Balaban J connectivity index is 1.60. The van der Waals surface area contributed by atoms with Crippen LogP contribution in [-0.2, 0) is 16.6 Å². The molecule has 0 saturated heterocycles. The molecule has 0 bridgehead atoms. The fourth-order valence-electron chi connectivity index (χ4n) is 2.54. The molecule has 3 N–H and O–H groups in total. The van der Waals surface area contributed by atoms with Crippen molar-refractivity contribution >= 4 is 44.7 Å². The van der Waals surface area contributed by atoms with Gasteiger partial charge in [-0.2, -0.15) is 0 Å². The van der Waals surface area contributed by atoms with Gasteiger partial charge in [0.2, 0.25) is 10.0 Å². The van der Waals surface area contributed by atoms with Crippen LogP contribution in [0.4, 0.5) is 16.2 Å². The highest BCUT2D eigenvalue weighted by Crippen LogP contribution is 2.21. The van der Waals surface area contributed by atoms with Crippen molar-refractivity contribution in [2.45, 2.75) is 20.4 Å². The number of nitrogens with one attached hydrogen (secondary N) is 3. The SMILES string of the molecule is CCS(=O)(=O)Nc1ccc(NC(=O)NCc2cn3cc(Cl)ccc3n2)cc1C. The molecule has 10 heteroatoms. The molecule has 2 heterocycles. The van der Waals surface area contributed by atoms with Gasteiger partial charge in [0.25, 0.3) is 0 Å². The predicted octanol–water partition coefficient (Wildman–Crippen LogP) is 3.38. The third kappa shape index (κ3) is 4.93.